The smallest absolute Gasteiger partial charge is 0.220 e. The van der Waals surface area contributed by atoms with Crippen LogP contribution < -0.4 is 5.32 Å². The molecule has 0 fully saturated rings. The Morgan fingerprint density at radius 1 is 1.00 bits per heavy atom. The van der Waals surface area contributed by atoms with E-state index in [0.717, 1.165) is 16.9 Å². The number of hydrogen-bond acceptors (Lipinski definition) is 3. The van der Waals surface area contributed by atoms with Gasteiger partial charge in [0.25, 0.3) is 0 Å². The number of carbonyl (C=O) groups excluding carboxylic acids is 1. The molecule has 0 radical (unpaired) electrons. The molecule has 3 aromatic rings. The van der Waals surface area contributed by atoms with Crippen molar-refractivity contribution in [2.45, 2.75) is 45.6 Å². The topological polar surface area (TPSA) is 55.1 Å². The number of rotatable bonds is 7. The first-order valence-electron chi connectivity index (χ1n) is 9.42. The standard InChI is InChI=1S/C23H26N2O2/c1-16(2)18-9-11-20(12-10-18)21-15-24-23(27-21)14-13-22(26)25-17(3)19-7-5-4-6-8-19/h4-12,15-17H,13-14H2,1-3H3,(H,25,26). The van der Waals surface area contributed by atoms with Crippen LogP contribution in [0, 0.1) is 0 Å². The van der Waals surface area contributed by atoms with E-state index >= 15 is 0 Å². The maximum atomic E-state index is 12.2. The Kier molecular flexibility index (Phi) is 6.07. The van der Waals surface area contributed by atoms with Gasteiger partial charge in [0.05, 0.1) is 12.2 Å². The molecule has 3 rings (SSSR count). The molecule has 0 aliphatic carbocycles. The van der Waals surface area contributed by atoms with Crippen LogP contribution in [0.1, 0.15) is 56.2 Å². The third kappa shape index (κ3) is 5.07. The number of oxazole rings is 1. The van der Waals surface area contributed by atoms with Crippen molar-refractivity contribution in [1.82, 2.24) is 10.3 Å². The molecule has 140 valence electrons. The second kappa shape index (κ2) is 8.67. The third-order valence-corrected chi connectivity index (χ3v) is 4.66. The lowest BCUT2D eigenvalue weighted by atomic mass is 10.0. The first kappa shape index (κ1) is 18.9. The van der Waals surface area contributed by atoms with E-state index in [1.165, 1.54) is 5.56 Å². The molecule has 0 saturated carbocycles. The Balaban J connectivity index is 1.54. The van der Waals surface area contributed by atoms with Gasteiger partial charge in [-0.1, -0.05) is 68.4 Å². The van der Waals surface area contributed by atoms with E-state index in [9.17, 15) is 4.79 Å². The van der Waals surface area contributed by atoms with E-state index in [0.29, 0.717) is 24.7 Å². The second-order valence-electron chi connectivity index (χ2n) is 7.09. The van der Waals surface area contributed by atoms with Gasteiger partial charge in [-0.3, -0.25) is 4.79 Å². The molecule has 0 saturated heterocycles. The van der Waals surface area contributed by atoms with Crippen molar-refractivity contribution in [2.24, 2.45) is 0 Å². The minimum absolute atomic E-state index is 0.00705. The Bertz CT molecular complexity index is 867. The average Bonchev–Trinajstić information content (AvgIpc) is 3.16. The zero-order valence-corrected chi connectivity index (χ0v) is 16.1. The van der Waals surface area contributed by atoms with Crippen molar-refractivity contribution in [3.63, 3.8) is 0 Å². The van der Waals surface area contributed by atoms with Gasteiger partial charge in [0.15, 0.2) is 11.7 Å². The summed E-state index contributed by atoms with van der Waals surface area (Å²) in [5, 5.41) is 3.01. The number of nitrogens with one attached hydrogen (secondary N) is 1. The van der Waals surface area contributed by atoms with Gasteiger partial charge in [-0.25, -0.2) is 4.98 Å². The average molecular weight is 362 g/mol. The highest BCUT2D eigenvalue weighted by Gasteiger charge is 2.12. The van der Waals surface area contributed by atoms with Crippen molar-refractivity contribution in [3.05, 3.63) is 77.8 Å². The van der Waals surface area contributed by atoms with Gasteiger partial charge in [-0.05, 0) is 24.0 Å². The quantitative estimate of drug-likeness (QED) is 0.622. The lowest BCUT2D eigenvalue weighted by Gasteiger charge is -2.13. The first-order chi connectivity index (χ1) is 13.0. The fraction of sp³-hybridized carbons (Fsp3) is 0.304. The van der Waals surface area contributed by atoms with Gasteiger partial charge in [0.2, 0.25) is 5.91 Å². The van der Waals surface area contributed by atoms with E-state index < -0.39 is 0 Å². The minimum atomic E-state index is -0.0155. The molecular formula is C23H26N2O2. The van der Waals surface area contributed by atoms with Crippen LogP contribution >= 0.6 is 0 Å². The fourth-order valence-corrected chi connectivity index (χ4v) is 2.95. The van der Waals surface area contributed by atoms with Crippen LogP contribution in [-0.2, 0) is 11.2 Å². The summed E-state index contributed by atoms with van der Waals surface area (Å²) in [6.07, 6.45) is 2.56. The summed E-state index contributed by atoms with van der Waals surface area (Å²) in [6, 6.07) is 18.2. The maximum absolute atomic E-state index is 12.2. The number of aryl methyl sites for hydroxylation is 1. The molecule has 0 aliphatic rings. The first-order valence-corrected chi connectivity index (χ1v) is 9.42. The van der Waals surface area contributed by atoms with Crippen LogP contribution in [0.4, 0.5) is 0 Å². The van der Waals surface area contributed by atoms with E-state index in [1.54, 1.807) is 6.20 Å². The Labute approximate surface area is 160 Å². The minimum Gasteiger partial charge on any atom is -0.441 e. The molecule has 4 nitrogen and oxygen atoms in total. The molecule has 1 aromatic heterocycles. The van der Waals surface area contributed by atoms with Crippen molar-refractivity contribution in [3.8, 4) is 11.3 Å². The van der Waals surface area contributed by atoms with Crippen LogP contribution in [0.25, 0.3) is 11.3 Å². The van der Waals surface area contributed by atoms with Crippen molar-refractivity contribution < 1.29 is 9.21 Å². The number of nitrogens with zero attached hydrogens (tertiary/aromatic N) is 1. The summed E-state index contributed by atoms with van der Waals surface area (Å²) in [7, 11) is 0. The summed E-state index contributed by atoms with van der Waals surface area (Å²) >= 11 is 0. The lowest BCUT2D eigenvalue weighted by Crippen LogP contribution is -2.26. The highest BCUT2D eigenvalue weighted by atomic mass is 16.4. The zero-order chi connectivity index (χ0) is 19.2. The monoisotopic (exact) mass is 362 g/mol. The van der Waals surface area contributed by atoms with Crippen LogP contribution in [0.2, 0.25) is 0 Å². The summed E-state index contributed by atoms with van der Waals surface area (Å²) in [5.41, 5.74) is 3.39. The molecule has 1 heterocycles. The van der Waals surface area contributed by atoms with Gasteiger partial charge < -0.3 is 9.73 Å². The number of amides is 1. The van der Waals surface area contributed by atoms with E-state index in [4.69, 9.17) is 4.42 Å². The summed E-state index contributed by atoms with van der Waals surface area (Å²) in [4.78, 5) is 16.5. The van der Waals surface area contributed by atoms with Crippen molar-refractivity contribution >= 4 is 5.91 Å². The molecule has 2 aromatic carbocycles. The Hall–Kier alpha value is -2.88. The van der Waals surface area contributed by atoms with Crippen LogP contribution in [0.15, 0.2) is 65.2 Å². The maximum Gasteiger partial charge on any atom is 0.220 e. The molecule has 0 aliphatic heterocycles. The van der Waals surface area contributed by atoms with Gasteiger partial charge in [-0.2, -0.15) is 0 Å². The molecular weight excluding hydrogens is 336 g/mol. The molecule has 0 spiro atoms. The number of carbonyl (C=O) groups is 1. The van der Waals surface area contributed by atoms with Gasteiger partial charge >= 0.3 is 0 Å². The Morgan fingerprint density at radius 3 is 2.37 bits per heavy atom. The SMILES string of the molecule is CC(C)c1ccc(-c2cnc(CCC(=O)NC(C)c3ccccc3)o2)cc1. The molecule has 1 unspecified atom stereocenters. The van der Waals surface area contributed by atoms with Gasteiger partial charge in [0, 0.05) is 18.4 Å². The van der Waals surface area contributed by atoms with Crippen molar-refractivity contribution in [2.75, 3.05) is 0 Å². The van der Waals surface area contributed by atoms with E-state index in [2.05, 4.69) is 36.3 Å². The zero-order valence-electron chi connectivity index (χ0n) is 16.1. The van der Waals surface area contributed by atoms with E-state index in [1.807, 2.05) is 49.4 Å². The second-order valence-corrected chi connectivity index (χ2v) is 7.09. The molecule has 0 bridgehead atoms. The predicted octanol–water partition coefficient (Wildman–Crippen LogP) is 5.28. The molecule has 27 heavy (non-hydrogen) atoms. The number of benzene rings is 2. The van der Waals surface area contributed by atoms with Crippen LogP contribution in [0.5, 0.6) is 0 Å². The summed E-state index contributed by atoms with van der Waals surface area (Å²) in [5.74, 6) is 1.81. The summed E-state index contributed by atoms with van der Waals surface area (Å²) in [6.45, 7) is 6.33. The molecule has 1 N–H and O–H groups in total. The highest BCUT2D eigenvalue weighted by Crippen LogP contribution is 2.23. The fourth-order valence-electron chi connectivity index (χ4n) is 2.95. The predicted molar refractivity (Wildman–Crippen MR) is 107 cm³/mol. The summed E-state index contributed by atoms with van der Waals surface area (Å²) < 4.78 is 5.82. The van der Waals surface area contributed by atoms with Gasteiger partial charge in [-0.15, -0.1) is 0 Å². The van der Waals surface area contributed by atoms with Gasteiger partial charge in [0.1, 0.15) is 0 Å². The van der Waals surface area contributed by atoms with Crippen LogP contribution in [-0.4, -0.2) is 10.9 Å². The highest BCUT2D eigenvalue weighted by molar-refractivity contribution is 5.76. The number of aromatic nitrogens is 1. The Morgan fingerprint density at radius 2 is 1.70 bits per heavy atom. The number of hydrogen-bond donors (Lipinski definition) is 1. The molecule has 1 amide bonds. The molecule has 4 heteroatoms. The molecule has 1 atom stereocenters. The van der Waals surface area contributed by atoms with Crippen molar-refractivity contribution in [1.29, 1.82) is 0 Å². The normalized spacial score (nSPS) is 12.1. The lowest BCUT2D eigenvalue weighted by molar-refractivity contribution is -0.121. The third-order valence-electron chi connectivity index (χ3n) is 4.66. The van der Waals surface area contributed by atoms with Crippen LogP contribution in [0.3, 0.4) is 0 Å². The largest absolute Gasteiger partial charge is 0.441 e. The van der Waals surface area contributed by atoms with E-state index in [-0.39, 0.29) is 11.9 Å².